The van der Waals surface area contributed by atoms with Gasteiger partial charge in [0.05, 0.1) is 4.47 Å². The largest absolute Gasteiger partial charge is 0.357 e. The normalized spacial score (nSPS) is 16.8. The van der Waals surface area contributed by atoms with Crippen molar-refractivity contribution in [3.05, 3.63) is 27.1 Å². The van der Waals surface area contributed by atoms with Crippen molar-refractivity contribution < 1.29 is 4.79 Å². The number of pyridine rings is 1. The third-order valence-corrected chi connectivity index (χ3v) is 5.19. The van der Waals surface area contributed by atoms with Crippen LogP contribution in [-0.4, -0.2) is 33.0 Å². The van der Waals surface area contributed by atoms with Gasteiger partial charge in [0.1, 0.15) is 11.2 Å². The van der Waals surface area contributed by atoms with Crippen LogP contribution in [0.2, 0.25) is 0 Å². The number of fused-ring (bicyclic) bond motifs is 1. The molecule has 7 nitrogen and oxygen atoms in total. The minimum absolute atomic E-state index is 0.0457. The van der Waals surface area contributed by atoms with E-state index in [0.717, 1.165) is 37.5 Å². The maximum Gasteiger partial charge on any atom is 0.266 e. The highest BCUT2D eigenvalue weighted by Gasteiger charge is 2.39. The Morgan fingerprint density at radius 1 is 1.33 bits per heavy atom. The summed E-state index contributed by atoms with van der Waals surface area (Å²) in [5.41, 5.74) is -0.316. The number of hydrogen-bond acceptors (Lipinski definition) is 5. The Bertz CT molecular complexity index is 842. The molecule has 0 atom stereocenters. The molecular formula is C16H20BrN5O2. The van der Waals surface area contributed by atoms with Crippen LogP contribution >= 0.6 is 15.9 Å². The summed E-state index contributed by atoms with van der Waals surface area (Å²) in [5, 5.41) is 6.74. The molecule has 2 heterocycles. The maximum atomic E-state index is 12.4. The summed E-state index contributed by atoms with van der Waals surface area (Å²) in [7, 11) is 3.31. The smallest absolute Gasteiger partial charge is 0.266 e. The van der Waals surface area contributed by atoms with E-state index < -0.39 is 5.54 Å². The van der Waals surface area contributed by atoms with Crippen molar-refractivity contribution in [2.75, 3.05) is 12.4 Å². The van der Waals surface area contributed by atoms with Crippen LogP contribution in [0.3, 0.4) is 0 Å². The first kappa shape index (κ1) is 16.9. The van der Waals surface area contributed by atoms with Crippen LogP contribution < -0.4 is 16.2 Å². The van der Waals surface area contributed by atoms with E-state index in [4.69, 9.17) is 0 Å². The lowest BCUT2D eigenvalue weighted by atomic mass is 9.81. The summed E-state index contributed by atoms with van der Waals surface area (Å²) in [5.74, 6) is 0.320. The van der Waals surface area contributed by atoms with Crippen LogP contribution in [0, 0.1) is 0 Å². The molecular weight excluding hydrogens is 374 g/mol. The van der Waals surface area contributed by atoms with Crippen molar-refractivity contribution in [3.8, 4) is 0 Å². The second kappa shape index (κ2) is 6.51. The highest BCUT2D eigenvalue weighted by molar-refractivity contribution is 9.10. The van der Waals surface area contributed by atoms with Gasteiger partial charge in [0.25, 0.3) is 5.56 Å². The molecule has 0 spiro atoms. The highest BCUT2D eigenvalue weighted by Crippen LogP contribution is 2.31. The van der Waals surface area contributed by atoms with Gasteiger partial charge in [0, 0.05) is 25.7 Å². The summed E-state index contributed by atoms with van der Waals surface area (Å²) in [6.07, 6.45) is 6.25. The topological polar surface area (TPSA) is 88.9 Å². The minimum Gasteiger partial charge on any atom is -0.357 e. The van der Waals surface area contributed by atoms with Gasteiger partial charge in [0.15, 0.2) is 0 Å². The maximum absolute atomic E-state index is 12.4. The summed E-state index contributed by atoms with van der Waals surface area (Å²) in [6, 6.07) is 1.70. The van der Waals surface area contributed by atoms with Gasteiger partial charge in [-0.3, -0.25) is 14.2 Å². The van der Waals surface area contributed by atoms with Gasteiger partial charge in [-0.05, 0) is 34.8 Å². The molecule has 0 unspecified atom stereocenters. The zero-order valence-corrected chi connectivity index (χ0v) is 15.3. The Labute approximate surface area is 148 Å². The number of nitrogens with one attached hydrogen (secondary N) is 2. The standard InChI is InChI=1S/C16H20BrN5O2/c1-18-14(24)16(6-4-3-5-7-16)21-15-19-9-10-8-11(17)13(23)22(2)12(10)20-15/h8-9H,3-7H2,1-2H3,(H,18,24)(H,19,20,21). The number of amides is 1. The number of aryl methyl sites for hydroxylation is 1. The SMILES string of the molecule is CNC(=O)C1(Nc2ncc3cc(Br)c(=O)n(C)c3n2)CCCCC1. The van der Waals surface area contributed by atoms with E-state index in [0.29, 0.717) is 16.1 Å². The number of anilines is 1. The second-order valence-corrected chi connectivity index (χ2v) is 7.03. The van der Waals surface area contributed by atoms with Gasteiger partial charge in [0.2, 0.25) is 11.9 Å². The molecule has 3 rings (SSSR count). The molecule has 0 radical (unpaired) electrons. The molecule has 0 bridgehead atoms. The Hall–Kier alpha value is -1.96. The van der Waals surface area contributed by atoms with Crippen molar-refractivity contribution in [2.45, 2.75) is 37.6 Å². The number of carbonyl (C=O) groups excluding carboxylic acids is 1. The zero-order chi connectivity index (χ0) is 17.3. The van der Waals surface area contributed by atoms with Gasteiger partial charge < -0.3 is 10.6 Å². The quantitative estimate of drug-likeness (QED) is 0.831. The van der Waals surface area contributed by atoms with Gasteiger partial charge >= 0.3 is 0 Å². The van der Waals surface area contributed by atoms with E-state index in [-0.39, 0.29) is 11.5 Å². The third kappa shape index (κ3) is 2.90. The fourth-order valence-corrected chi connectivity index (χ4v) is 3.80. The van der Waals surface area contributed by atoms with E-state index in [1.807, 2.05) is 0 Å². The molecule has 1 saturated carbocycles. The summed E-state index contributed by atoms with van der Waals surface area (Å²) in [6.45, 7) is 0. The molecule has 8 heteroatoms. The van der Waals surface area contributed by atoms with Crippen LogP contribution in [0.15, 0.2) is 21.5 Å². The Morgan fingerprint density at radius 2 is 2.04 bits per heavy atom. The molecule has 2 N–H and O–H groups in total. The first-order chi connectivity index (χ1) is 11.5. The number of likely N-dealkylation sites (N-methyl/N-ethyl adjacent to an activating group) is 1. The summed E-state index contributed by atoms with van der Waals surface area (Å²) >= 11 is 3.24. The summed E-state index contributed by atoms with van der Waals surface area (Å²) < 4.78 is 1.94. The first-order valence-corrected chi connectivity index (χ1v) is 8.79. The van der Waals surface area contributed by atoms with Crippen molar-refractivity contribution in [1.82, 2.24) is 19.9 Å². The number of hydrogen-bond donors (Lipinski definition) is 2. The van der Waals surface area contributed by atoms with Crippen molar-refractivity contribution >= 4 is 38.8 Å². The number of rotatable bonds is 3. The molecule has 1 aliphatic carbocycles. The molecule has 0 aliphatic heterocycles. The van der Waals surface area contributed by atoms with Gasteiger partial charge in [-0.1, -0.05) is 19.3 Å². The average Bonchev–Trinajstić information content (AvgIpc) is 2.60. The molecule has 128 valence electrons. The summed E-state index contributed by atoms with van der Waals surface area (Å²) in [4.78, 5) is 33.3. The molecule has 0 saturated heterocycles. The number of halogens is 1. The molecule has 1 fully saturated rings. The molecule has 2 aromatic heterocycles. The van der Waals surface area contributed by atoms with Crippen LogP contribution in [0.5, 0.6) is 0 Å². The van der Waals surface area contributed by atoms with Crippen molar-refractivity contribution in [2.24, 2.45) is 7.05 Å². The lowest BCUT2D eigenvalue weighted by Crippen LogP contribution is -2.53. The van der Waals surface area contributed by atoms with E-state index in [1.54, 1.807) is 26.4 Å². The Balaban J connectivity index is 2.02. The monoisotopic (exact) mass is 393 g/mol. The molecule has 2 aromatic rings. The molecule has 0 aromatic carbocycles. The lowest BCUT2D eigenvalue weighted by Gasteiger charge is -2.36. The third-order valence-electron chi connectivity index (χ3n) is 4.62. The number of nitrogens with zero attached hydrogens (tertiary/aromatic N) is 3. The average molecular weight is 394 g/mol. The lowest BCUT2D eigenvalue weighted by molar-refractivity contribution is -0.126. The van der Waals surface area contributed by atoms with Crippen molar-refractivity contribution in [1.29, 1.82) is 0 Å². The fraction of sp³-hybridized carbons (Fsp3) is 0.500. The fourth-order valence-electron chi connectivity index (χ4n) is 3.28. The number of carbonyl (C=O) groups is 1. The first-order valence-electron chi connectivity index (χ1n) is 7.99. The second-order valence-electron chi connectivity index (χ2n) is 6.18. The predicted molar refractivity (Wildman–Crippen MR) is 96.0 cm³/mol. The van der Waals surface area contributed by atoms with Gasteiger partial charge in [-0.25, -0.2) is 4.98 Å². The Kier molecular flexibility index (Phi) is 4.58. The molecule has 1 aliphatic rings. The van der Waals surface area contributed by atoms with Crippen LogP contribution in [0.1, 0.15) is 32.1 Å². The van der Waals surface area contributed by atoms with Crippen LogP contribution in [0.25, 0.3) is 11.0 Å². The van der Waals surface area contributed by atoms with Crippen molar-refractivity contribution in [3.63, 3.8) is 0 Å². The minimum atomic E-state index is -0.686. The molecule has 1 amide bonds. The van der Waals surface area contributed by atoms with Crippen LogP contribution in [0.4, 0.5) is 5.95 Å². The predicted octanol–water partition coefficient (Wildman–Crippen LogP) is 1.95. The van der Waals surface area contributed by atoms with Crippen LogP contribution in [-0.2, 0) is 11.8 Å². The van der Waals surface area contributed by atoms with E-state index in [2.05, 4.69) is 36.5 Å². The number of aromatic nitrogens is 3. The Morgan fingerprint density at radius 3 is 2.71 bits per heavy atom. The van der Waals surface area contributed by atoms with Gasteiger partial charge in [-0.2, -0.15) is 4.98 Å². The van der Waals surface area contributed by atoms with E-state index in [1.165, 1.54) is 4.57 Å². The van der Waals surface area contributed by atoms with Gasteiger partial charge in [-0.15, -0.1) is 0 Å². The van der Waals surface area contributed by atoms with E-state index >= 15 is 0 Å². The van der Waals surface area contributed by atoms with E-state index in [9.17, 15) is 9.59 Å². The zero-order valence-electron chi connectivity index (χ0n) is 13.7. The highest BCUT2D eigenvalue weighted by atomic mass is 79.9. The molecule has 24 heavy (non-hydrogen) atoms.